The number of hydrogen-bond acceptors (Lipinski definition) is 2. The summed E-state index contributed by atoms with van der Waals surface area (Å²) >= 11 is 3.37. The summed E-state index contributed by atoms with van der Waals surface area (Å²) in [7, 11) is 1.66. The van der Waals surface area contributed by atoms with E-state index in [1.54, 1.807) is 13.3 Å². The van der Waals surface area contributed by atoms with Crippen LogP contribution in [0.25, 0.3) is 0 Å². The third-order valence-electron chi connectivity index (χ3n) is 3.66. The minimum Gasteiger partial charge on any atom is -0.496 e. The van der Waals surface area contributed by atoms with Crippen molar-refractivity contribution in [2.45, 2.75) is 25.4 Å². The van der Waals surface area contributed by atoms with Gasteiger partial charge in [0.05, 0.1) is 7.11 Å². The molecule has 1 aromatic heterocycles. The molecule has 1 fully saturated rings. The normalized spacial score (nSPS) is 14.0. The molecule has 1 heterocycles. The van der Waals surface area contributed by atoms with E-state index in [-0.39, 0.29) is 5.91 Å². The number of aromatic amines is 1. The second kappa shape index (κ2) is 5.93. The van der Waals surface area contributed by atoms with Crippen LogP contribution in [-0.4, -0.2) is 28.9 Å². The van der Waals surface area contributed by atoms with E-state index < -0.39 is 0 Å². The third-order valence-corrected chi connectivity index (χ3v) is 4.12. The van der Waals surface area contributed by atoms with Gasteiger partial charge in [0.25, 0.3) is 5.91 Å². The van der Waals surface area contributed by atoms with E-state index in [2.05, 4.69) is 20.9 Å². The lowest BCUT2D eigenvalue weighted by Gasteiger charge is -2.23. The number of carbonyl (C=O) groups is 1. The number of hydrogen-bond donors (Lipinski definition) is 1. The van der Waals surface area contributed by atoms with Gasteiger partial charge < -0.3 is 14.6 Å². The SMILES string of the molecule is COc1ccccc1CN(C(=O)c1cc(Br)c[nH]1)C1CC1. The molecular formula is C16H17BrN2O2. The molecule has 1 saturated carbocycles. The second-order valence-electron chi connectivity index (χ2n) is 5.21. The minimum atomic E-state index is 0.0362. The first-order valence-electron chi connectivity index (χ1n) is 6.96. The van der Waals surface area contributed by atoms with Crippen LogP contribution in [0.4, 0.5) is 0 Å². The van der Waals surface area contributed by atoms with Crippen LogP contribution in [0, 0.1) is 0 Å². The number of amides is 1. The van der Waals surface area contributed by atoms with E-state index in [0.717, 1.165) is 28.6 Å². The zero-order chi connectivity index (χ0) is 14.8. The molecule has 3 rings (SSSR count). The van der Waals surface area contributed by atoms with Crippen LogP contribution in [0.1, 0.15) is 28.9 Å². The molecule has 1 N–H and O–H groups in total. The summed E-state index contributed by atoms with van der Waals surface area (Å²) in [6.45, 7) is 0.574. The minimum absolute atomic E-state index is 0.0362. The summed E-state index contributed by atoms with van der Waals surface area (Å²) in [6, 6.07) is 10.00. The van der Waals surface area contributed by atoms with Gasteiger partial charge in [0.1, 0.15) is 11.4 Å². The number of aromatic nitrogens is 1. The van der Waals surface area contributed by atoms with Gasteiger partial charge in [0.15, 0.2) is 0 Å². The number of methoxy groups -OCH3 is 1. The summed E-state index contributed by atoms with van der Waals surface area (Å²) in [5, 5.41) is 0. The lowest BCUT2D eigenvalue weighted by atomic mass is 10.1. The molecule has 0 saturated heterocycles. The summed E-state index contributed by atoms with van der Waals surface area (Å²) < 4.78 is 6.27. The van der Waals surface area contributed by atoms with Crippen molar-refractivity contribution in [3.8, 4) is 5.75 Å². The van der Waals surface area contributed by atoms with Crippen LogP contribution >= 0.6 is 15.9 Å². The summed E-state index contributed by atoms with van der Waals surface area (Å²) in [5.41, 5.74) is 1.65. The highest BCUT2D eigenvalue weighted by Crippen LogP contribution is 2.31. The maximum Gasteiger partial charge on any atom is 0.270 e. The number of ether oxygens (including phenoxy) is 1. The van der Waals surface area contributed by atoms with Crippen molar-refractivity contribution in [1.29, 1.82) is 0 Å². The van der Waals surface area contributed by atoms with Gasteiger partial charge in [-0.3, -0.25) is 4.79 Å². The molecule has 1 aliphatic carbocycles. The number of para-hydroxylation sites is 1. The van der Waals surface area contributed by atoms with Crippen LogP contribution in [0.5, 0.6) is 5.75 Å². The largest absolute Gasteiger partial charge is 0.496 e. The smallest absolute Gasteiger partial charge is 0.270 e. The Balaban J connectivity index is 1.83. The Kier molecular flexibility index (Phi) is 4.01. The Morgan fingerprint density at radius 3 is 2.81 bits per heavy atom. The van der Waals surface area contributed by atoms with Crippen molar-refractivity contribution in [3.63, 3.8) is 0 Å². The number of benzene rings is 1. The Hall–Kier alpha value is -1.75. The van der Waals surface area contributed by atoms with Crippen molar-refractivity contribution in [2.75, 3.05) is 7.11 Å². The lowest BCUT2D eigenvalue weighted by molar-refractivity contribution is 0.0723. The Morgan fingerprint density at radius 1 is 1.43 bits per heavy atom. The fraction of sp³-hybridized carbons (Fsp3) is 0.312. The predicted molar refractivity (Wildman–Crippen MR) is 84.4 cm³/mol. The molecule has 0 unspecified atom stereocenters. The molecule has 1 aromatic carbocycles. The molecule has 0 atom stereocenters. The second-order valence-corrected chi connectivity index (χ2v) is 6.12. The zero-order valence-electron chi connectivity index (χ0n) is 11.8. The number of nitrogens with zero attached hydrogens (tertiary/aromatic N) is 1. The van der Waals surface area contributed by atoms with Crippen molar-refractivity contribution in [1.82, 2.24) is 9.88 Å². The van der Waals surface area contributed by atoms with E-state index in [9.17, 15) is 4.79 Å². The number of carbonyl (C=O) groups excluding carboxylic acids is 1. The molecule has 5 heteroatoms. The highest BCUT2D eigenvalue weighted by Gasteiger charge is 2.34. The van der Waals surface area contributed by atoms with Crippen LogP contribution in [0.3, 0.4) is 0 Å². The molecule has 1 aliphatic rings. The van der Waals surface area contributed by atoms with Gasteiger partial charge in [-0.15, -0.1) is 0 Å². The van der Waals surface area contributed by atoms with Gasteiger partial charge in [-0.25, -0.2) is 0 Å². The highest BCUT2D eigenvalue weighted by molar-refractivity contribution is 9.10. The van der Waals surface area contributed by atoms with E-state index in [0.29, 0.717) is 18.3 Å². The van der Waals surface area contributed by atoms with Crippen molar-refractivity contribution in [2.24, 2.45) is 0 Å². The maximum absolute atomic E-state index is 12.7. The topological polar surface area (TPSA) is 45.3 Å². The highest BCUT2D eigenvalue weighted by atomic mass is 79.9. The van der Waals surface area contributed by atoms with Gasteiger partial charge >= 0.3 is 0 Å². The van der Waals surface area contributed by atoms with Crippen molar-refractivity contribution < 1.29 is 9.53 Å². The summed E-state index contributed by atoms with van der Waals surface area (Å²) in [4.78, 5) is 17.6. The van der Waals surface area contributed by atoms with Gasteiger partial charge in [0.2, 0.25) is 0 Å². The first-order chi connectivity index (χ1) is 10.2. The first-order valence-corrected chi connectivity index (χ1v) is 7.75. The van der Waals surface area contributed by atoms with Gasteiger partial charge in [-0.1, -0.05) is 18.2 Å². The molecule has 0 aliphatic heterocycles. The van der Waals surface area contributed by atoms with Crippen LogP contribution in [0.15, 0.2) is 41.0 Å². The van der Waals surface area contributed by atoms with Gasteiger partial charge in [0, 0.05) is 28.8 Å². The molecule has 110 valence electrons. The van der Waals surface area contributed by atoms with E-state index in [1.165, 1.54) is 0 Å². The fourth-order valence-electron chi connectivity index (χ4n) is 2.42. The number of halogens is 1. The lowest BCUT2D eigenvalue weighted by Crippen LogP contribution is -2.33. The number of rotatable bonds is 5. The number of H-pyrrole nitrogens is 1. The van der Waals surface area contributed by atoms with Crippen LogP contribution < -0.4 is 4.74 Å². The van der Waals surface area contributed by atoms with Crippen LogP contribution in [0.2, 0.25) is 0 Å². The Bertz CT molecular complexity index is 649. The van der Waals surface area contributed by atoms with Crippen molar-refractivity contribution >= 4 is 21.8 Å². The molecule has 4 nitrogen and oxygen atoms in total. The molecular weight excluding hydrogens is 332 g/mol. The fourth-order valence-corrected chi connectivity index (χ4v) is 2.76. The Labute approximate surface area is 132 Å². The Morgan fingerprint density at radius 2 is 2.19 bits per heavy atom. The zero-order valence-corrected chi connectivity index (χ0v) is 13.4. The van der Waals surface area contributed by atoms with Gasteiger partial charge in [-0.05, 0) is 40.9 Å². The van der Waals surface area contributed by atoms with Crippen LogP contribution in [-0.2, 0) is 6.54 Å². The monoisotopic (exact) mass is 348 g/mol. The first kappa shape index (κ1) is 14.2. The average Bonchev–Trinajstić information content (AvgIpc) is 3.25. The van der Waals surface area contributed by atoms with Gasteiger partial charge in [-0.2, -0.15) is 0 Å². The molecule has 0 spiro atoms. The standard InChI is InChI=1S/C16H17BrN2O2/c1-21-15-5-3-2-4-11(15)10-19(13-6-7-13)16(20)14-8-12(17)9-18-14/h2-5,8-9,13,18H,6-7,10H2,1H3. The molecule has 2 aromatic rings. The third kappa shape index (κ3) is 3.13. The molecule has 0 bridgehead atoms. The van der Waals surface area contributed by atoms with E-state index >= 15 is 0 Å². The van der Waals surface area contributed by atoms with Crippen molar-refractivity contribution in [3.05, 3.63) is 52.3 Å². The molecule has 0 radical (unpaired) electrons. The summed E-state index contributed by atoms with van der Waals surface area (Å²) in [6.07, 6.45) is 3.92. The maximum atomic E-state index is 12.7. The number of nitrogens with one attached hydrogen (secondary N) is 1. The quantitative estimate of drug-likeness (QED) is 0.897. The average molecular weight is 349 g/mol. The predicted octanol–water partition coefficient (Wildman–Crippen LogP) is 3.59. The summed E-state index contributed by atoms with van der Waals surface area (Å²) in [5.74, 6) is 0.859. The molecule has 21 heavy (non-hydrogen) atoms. The molecule has 1 amide bonds. The van der Waals surface area contributed by atoms with E-state index in [4.69, 9.17) is 4.74 Å². The van der Waals surface area contributed by atoms with E-state index in [1.807, 2.05) is 35.2 Å².